The van der Waals surface area contributed by atoms with Crippen LogP contribution in [-0.4, -0.2) is 50.0 Å². The van der Waals surface area contributed by atoms with Gasteiger partial charge in [-0.2, -0.15) is 0 Å². The summed E-state index contributed by atoms with van der Waals surface area (Å²) in [6.45, 7) is 5.22. The Hall–Kier alpha value is 1.02. The van der Waals surface area contributed by atoms with E-state index < -0.39 is 6.67 Å². The molecule has 110 valence electrons. The molecule has 1 fully saturated rings. The van der Waals surface area contributed by atoms with Crippen molar-refractivity contribution in [1.29, 1.82) is 0 Å². The van der Waals surface area contributed by atoms with Crippen LogP contribution >= 0.6 is 11.6 Å². The molecule has 1 aliphatic rings. The summed E-state index contributed by atoms with van der Waals surface area (Å²) >= 11 is 5.79. The summed E-state index contributed by atoms with van der Waals surface area (Å²) in [6.07, 6.45) is 5.87. The Labute approximate surface area is 168 Å². The third-order valence-corrected chi connectivity index (χ3v) is 2.75. The predicted octanol–water partition coefficient (Wildman–Crippen LogP) is -0.415. The Bertz CT molecular complexity index is 295. The number of alkyl halides is 2. The second kappa shape index (κ2) is 13.7. The van der Waals surface area contributed by atoms with Crippen LogP contribution in [0.5, 0.6) is 0 Å². The number of nitrogens with zero attached hydrogens (tertiary/aromatic N) is 2. The first-order chi connectivity index (χ1) is 9.22. The van der Waals surface area contributed by atoms with E-state index in [0.717, 1.165) is 32.6 Å². The minimum atomic E-state index is -0.566. The quantitative estimate of drug-likeness (QED) is 0.299. The van der Waals surface area contributed by atoms with Gasteiger partial charge < -0.3 is 20.5 Å². The van der Waals surface area contributed by atoms with Gasteiger partial charge in [-0.25, -0.2) is 4.39 Å². The monoisotopic (exact) mass is 329 g/mol. The Kier molecular flexibility index (Phi) is 14.4. The molecule has 0 amide bonds. The van der Waals surface area contributed by atoms with Crippen molar-refractivity contribution in [3.05, 3.63) is 29.4 Å². The molecule has 1 N–H and O–H groups in total. The maximum atomic E-state index is 12.3. The molecule has 7 heteroatoms. The summed E-state index contributed by atoms with van der Waals surface area (Å²) < 4.78 is 17.8. The number of hydrogen-bond donors (Lipinski definition) is 1. The van der Waals surface area contributed by atoms with E-state index >= 15 is 0 Å². The van der Waals surface area contributed by atoms with Crippen molar-refractivity contribution >= 4 is 11.6 Å². The first-order valence-electron chi connectivity index (χ1n) is 6.56. The summed E-state index contributed by atoms with van der Waals surface area (Å²) in [5.74, 6) is 0.465. The largest absolute Gasteiger partial charge is 1.00 e. The molecule has 1 aliphatic heterocycles. The standard InChI is InChI=1S/C13H22ClFN3O.K/c1-12(14)3-4-13(5-6-15)19-11-17-18-9-2-7-16-8-10-18;/h3-5,12,16H,2,6-11H2,1H3;/q-1;+1/b4-3-,13-5+;/t12-;/m1./s1. The first-order valence-corrected chi connectivity index (χ1v) is 7.00. The van der Waals surface area contributed by atoms with Gasteiger partial charge in [-0.05, 0) is 45.1 Å². The van der Waals surface area contributed by atoms with Crippen LogP contribution in [0.2, 0.25) is 0 Å². The van der Waals surface area contributed by atoms with Crippen molar-refractivity contribution < 1.29 is 60.5 Å². The molecule has 4 nitrogen and oxygen atoms in total. The molecule has 0 radical (unpaired) electrons. The number of nitrogens with one attached hydrogen (secondary N) is 1. The zero-order valence-corrected chi connectivity index (χ0v) is 16.2. The Balaban J connectivity index is 0.00000361. The van der Waals surface area contributed by atoms with Crippen LogP contribution in [0.3, 0.4) is 0 Å². The first kappa shape index (κ1) is 21.0. The van der Waals surface area contributed by atoms with E-state index in [1.165, 1.54) is 6.08 Å². The van der Waals surface area contributed by atoms with Gasteiger partial charge in [-0.15, -0.1) is 11.6 Å². The van der Waals surface area contributed by atoms with Gasteiger partial charge in [0.25, 0.3) is 0 Å². The Morgan fingerprint density at radius 2 is 2.30 bits per heavy atom. The van der Waals surface area contributed by atoms with Crippen LogP contribution in [0.4, 0.5) is 4.39 Å². The van der Waals surface area contributed by atoms with Gasteiger partial charge in [-0.1, -0.05) is 6.08 Å². The molecule has 0 saturated carbocycles. The predicted molar refractivity (Wildman–Crippen MR) is 76.9 cm³/mol. The van der Waals surface area contributed by atoms with E-state index in [9.17, 15) is 4.39 Å². The van der Waals surface area contributed by atoms with Crippen molar-refractivity contribution in [3.8, 4) is 0 Å². The molecular weight excluding hydrogens is 308 g/mol. The fourth-order valence-electron chi connectivity index (χ4n) is 1.64. The fourth-order valence-corrected chi connectivity index (χ4v) is 1.71. The molecule has 0 aromatic rings. The van der Waals surface area contributed by atoms with Crippen molar-refractivity contribution in [3.63, 3.8) is 0 Å². The molecule has 0 unspecified atom stereocenters. The molecule has 1 heterocycles. The number of rotatable bonds is 7. The summed E-state index contributed by atoms with van der Waals surface area (Å²) in [6, 6.07) is 0. The number of hydrogen-bond acceptors (Lipinski definition) is 3. The maximum absolute atomic E-state index is 12.3. The smallest absolute Gasteiger partial charge is 0.561 e. The van der Waals surface area contributed by atoms with Gasteiger partial charge in [0.1, 0.15) is 12.4 Å². The molecule has 20 heavy (non-hydrogen) atoms. The molecule has 0 spiro atoms. The average molecular weight is 330 g/mol. The third kappa shape index (κ3) is 10.7. The van der Waals surface area contributed by atoms with Crippen molar-refractivity contribution in [2.45, 2.75) is 18.7 Å². The van der Waals surface area contributed by atoms with Crippen LogP contribution in [-0.2, 0) is 4.74 Å². The molecule has 1 rings (SSSR count). The topological polar surface area (TPSA) is 38.6 Å². The van der Waals surface area contributed by atoms with Crippen LogP contribution in [0.1, 0.15) is 13.3 Å². The number of halogens is 2. The Morgan fingerprint density at radius 3 is 3.00 bits per heavy atom. The van der Waals surface area contributed by atoms with Crippen LogP contribution in [0.25, 0.3) is 5.43 Å². The number of allylic oxidation sites excluding steroid dienone is 3. The van der Waals surface area contributed by atoms with Gasteiger partial charge >= 0.3 is 51.4 Å². The van der Waals surface area contributed by atoms with Crippen LogP contribution < -0.4 is 56.7 Å². The minimum absolute atomic E-state index is 0. The van der Waals surface area contributed by atoms with Gasteiger partial charge in [0.2, 0.25) is 0 Å². The van der Waals surface area contributed by atoms with Crippen molar-refractivity contribution in [2.75, 3.05) is 39.6 Å². The van der Waals surface area contributed by atoms with Crippen molar-refractivity contribution in [2.24, 2.45) is 0 Å². The molecule has 1 saturated heterocycles. The maximum Gasteiger partial charge on any atom is 1.00 e. The zero-order valence-electron chi connectivity index (χ0n) is 12.3. The Morgan fingerprint density at radius 1 is 1.50 bits per heavy atom. The van der Waals surface area contributed by atoms with E-state index in [0.29, 0.717) is 5.76 Å². The van der Waals surface area contributed by atoms with Gasteiger partial charge in [0, 0.05) is 18.7 Å². The van der Waals surface area contributed by atoms with E-state index in [1.807, 2.05) is 11.9 Å². The summed E-state index contributed by atoms with van der Waals surface area (Å²) in [7, 11) is 0. The third-order valence-electron chi connectivity index (χ3n) is 2.61. The molecule has 0 aromatic carbocycles. The average Bonchev–Trinajstić information content (AvgIpc) is 2.64. The summed E-state index contributed by atoms with van der Waals surface area (Å²) in [5.41, 5.74) is 4.33. The second-order valence-corrected chi connectivity index (χ2v) is 4.96. The molecule has 0 bridgehead atoms. The zero-order chi connectivity index (χ0) is 13.9. The van der Waals surface area contributed by atoms with E-state index in [2.05, 4.69) is 10.7 Å². The van der Waals surface area contributed by atoms with E-state index in [4.69, 9.17) is 16.3 Å². The van der Waals surface area contributed by atoms with Gasteiger partial charge in [0.05, 0.1) is 0 Å². The normalized spacial score (nSPS) is 19.4. The molecule has 0 aromatic heterocycles. The van der Waals surface area contributed by atoms with Crippen LogP contribution in [0, 0.1) is 0 Å². The minimum Gasteiger partial charge on any atom is -0.561 e. The fraction of sp³-hybridized carbons (Fsp3) is 0.692. The molecule has 0 aliphatic carbocycles. The second-order valence-electron chi connectivity index (χ2n) is 4.27. The number of ether oxygens (including phenoxy) is 1. The van der Waals surface area contributed by atoms with Gasteiger partial charge in [-0.3, -0.25) is 0 Å². The summed E-state index contributed by atoms with van der Waals surface area (Å²) in [4.78, 5) is 0. The van der Waals surface area contributed by atoms with Crippen LogP contribution in [0.15, 0.2) is 24.0 Å². The summed E-state index contributed by atoms with van der Waals surface area (Å²) in [5, 5.41) is 5.18. The van der Waals surface area contributed by atoms with E-state index in [-0.39, 0.29) is 63.5 Å². The SMILES string of the molecule is C[C@@H](Cl)/C=C\C(=C/CF)OC[N-]N1CCCNCC1.[K+]. The molecule has 1 atom stereocenters. The van der Waals surface area contributed by atoms with Crippen molar-refractivity contribution in [1.82, 2.24) is 10.3 Å². The molecular formula is C13H22ClFKN3O. The van der Waals surface area contributed by atoms with E-state index in [1.54, 1.807) is 12.2 Å². The van der Waals surface area contributed by atoms with Gasteiger partial charge in [0.15, 0.2) is 0 Å².